The number of carbonyl (C=O) groups excluding carboxylic acids is 3. The number of rotatable bonds is 11. The molecule has 1 N–H and O–H groups in total. The maximum atomic E-state index is 14.4. The molecule has 4 rings (SSSR count). The zero-order valence-electron chi connectivity index (χ0n) is 35.3. The van der Waals surface area contributed by atoms with Crippen LogP contribution in [-0.4, -0.2) is 141 Å². The number of esters is 2. The van der Waals surface area contributed by atoms with Gasteiger partial charge < -0.3 is 57.4 Å². The first kappa shape index (κ1) is 45.3. The monoisotopic (exact) mass is 785 g/mol. The summed E-state index contributed by atoms with van der Waals surface area (Å²) in [5.41, 5.74) is -1.48. The van der Waals surface area contributed by atoms with E-state index in [0.29, 0.717) is 31.5 Å². The van der Waals surface area contributed by atoms with Crippen LogP contribution in [0, 0.1) is 17.8 Å². The predicted molar refractivity (Wildman–Crippen MR) is 198 cm³/mol. The number of ether oxygens (including phenoxy) is 10. The van der Waals surface area contributed by atoms with Crippen LogP contribution in [0.2, 0.25) is 0 Å². The molecule has 15 nitrogen and oxygen atoms in total. The summed E-state index contributed by atoms with van der Waals surface area (Å²) in [6.45, 7) is 18.5. The van der Waals surface area contributed by atoms with E-state index in [1.165, 1.54) is 21.1 Å². The number of aliphatic hydroxyl groups excluding tert-OH is 1. The average molecular weight is 786 g/mol. The first-order valence-electron chi connectivity index (χ1n) is 19.7. The summed E-state index contributed by atoms with van der Waals surface area (Å²) in [7, 11) is 6.86. The van der Waals surface area contributed by atoms with E-state index in [0.717, 1.165) is 5.57 Å². The fraction of sp³-hybridized carbons (Fsp3) is 0.875. The van der Waals surface area contributed by atoms with Crippen molar-refractivity contribution < 1.29 is 66.9 Å². The predicted octanol–water partition coefficient (Wildman–Crippen LogP) is 3.91. The highest BCUT2D eigenvalue weighted by molar-refractivity contribution is 5.73. The van der Waals surface area contributed by atoms with Gasteiger partial charge in [-0.25, -0.2) is 0 Å². The second kappa shape index (κ2) is 18.5. The third-order valence-electron chi connectivity index (χ3n) is 12.3. The van der Waals surface area contributed by atoms with Crippen molar-refractivity contribution in [1.29, 1.82) is 0 Å². The Kier molecular flexibility index (Phi) is 15.2. The van der Waals surface area contributed by atoms with Gasteiger partial charge in [-0.3, -0.25) is 14.4 Å². The third kappa shape index (κ3) is 9.51. The van der Waals surface area contributed by atoms with Crippen LogP contribution in [0.25, 0.3) is 0 Å². The SMILES string of the molecule is CC[C@@H]1OC(=O)[C@H](C)[C@H](OC2C[C@@H](OC)[C@@H](OC=O)[C@H](C)O2)C(C)[C@H](O[C@@H]2O[C@H](C)C[C@H](N(C)C)[C@H]2OC(C)=O)C2(C)CC(C)=C(O2)C(C)[C@H](O)[C@@]1(C)OC. The van der Waals surface area contributed by atoms with E-state index in [4.69, 9.17) is 47.4 Å². The maximum Gasteiger partial charge on any atom is 0.311 e. The van der Waals surface area contributed by atoms with E-state index in [-0.39, 0.29) is 18.6 Å². The summed E-state index contributed by atoms with van der Waals surface area (Å²) < 4.78 is 62.8. The van der Waals surface area contributed by atoms with Crippen molar-refractivity contribution in [1.82, 2.24) is 4.90 Å². The Morgan fingerprint density at radius 3 is 2.24 bits per heavy atom. The number of nitrogens with zero attached hydrogens (tertiary/aromatic N) is 1. The summed E-state index contributed by atoms with van der Waals surface area (Å²) in [5, 5.41) is 12.0. The Morgan fingerprint density at radius 1 is 1.00 bits per heavy atom. The summed E-state index contributed by atoms with van der Waals surface area (Å²) in [5.74, 6) is -2.58. The van der Waals surface area contributed by atoms with Gasteiger partial charge in [0.25, 0.3) is 6.47 Å². The van der Waals surface area contributed by atoms with Crippen LogP contribution in [-0.2, 0) is 61.8 Å². The summed E-state index contributed by atoms with van der Waals surface area (Å²) in [6.07, 6.45) is -6.98. The number of hydrogen-bond acceptors (Lipinski definition) is 15. The highest BCUT2D eigenvalue weighted by atomic mass is 16.7. The lowest BCUT2D eigenvalue weighted by Crippen LogP contribution is -2.60. The van der Waals surface area contributed by atoms with Crippen molar-refractivity contribution in [2.75, 3.05) is 28.3 Å². The molecule has 2 bridgehead atoms. The molecule has 316 valence electrons. The molecule has 0 amide bonds. The van der Waals surface area contributed by atoms with Crippen molar-refractivity contribution in [3.05, 3.63) is 11.3 Å². The molecule has 17 atom stereocenters. The lowest BCUT2D eigenvalue weighted by atomic mass is 9.78. The van der Waals surface area contributed by atoms with E-state index in [1.54, 1.807) is 20.8 Å². The third-order valence-corrected chi connectivity index (χ3v) is 12.3. The smallest absolute Gasteiger partial charge is 0.311 e. The number of hydrogen-bond donors (Lipinski definition) is 1. The molecule has 0 aliphatic carbocycles. The van der Waals surface area contributed by atoms with E-state index in [9.17, 15) is 19.5 Å². The van der Waals surface area contributed by atoms with Gasteiger partial charge >= 0.3 is 11.9 Å². The second-order valence-corrected chi connectivity index (χ2v) is 16.6. The van der Waals surface area contributed by atoms with Crippen LogP contribution >= 0.6 is 0 Å². The minimum atomic E-state index is -1.31. The first-order chi connectivity index (χ1) is 25.8. The highest BCUT2D eigenvalue weighted by Crippen LogP contribution is 2.47. The standard InChI is InChI=1S/C40H67NO14/c1-15-29-40(10,47-14)35(44)22(4)31-20(2)18-39(9,55-31)36(54-38-34(51-26(8)43)27(41(11)12)16-21(3)49-38)23(5)32(24(6)37(45)52-29)53-30-17-28(46-13)33(48-19-42)25(7)50-30/h19,21-25,27-30,32-36,38,44H,15-18H2,1-14H3/t21-,22?,23?,24-,25+,27+,28-,29+,30?,32-,33+,34-,35+,36+,38+,39?,40+/m1/s1. The topological polar surface area (TPSA) is 167 Å². The van der Waals surface area contributed by atoms with Gasteiger partial charge in [-0.2, -0.15) is 0 Å². The first-order valence-corrected chi connectivity index (χ1v) is 19.7. The van der Waals surface area contributed by atoms with Crippen molar-refractivity contribution in [2.24, 2.45) is 17.8 Å². The van der Waals surface area contributed by atoms with E-state index >= 15 is 0 Å². The zero-order valence-corrected chi connectivity index (χ0v) is 35.3. The fourth-order valence-corrected chi connectivity index (χ4v) is 9.25. The molecular formula is C40H67NO14. The number of carbonyl (C=O) groups is 3. The quantitative estimate of drug-likeness (QED) is 0.182. The molecule has 0 aromatic heterocycles. The van der Waals surface area contributed by atoms with Crippen molar-refractivity contribution in [3.8, 4) is 0 Å². The fourth-order valence-electron chi connectivity index (χ4n) is 9.25. The normalized spacial score (nSPS) is 44.4. The minimum Gasteiger partial charge on any atom is -0.489 e. The Balaban J connectivity index is 1.87. The van der Waals surface area contributed by atoms with E-state index < -0.39 is 102 Å². The van der Waals surface area contributed by atoms with Crippen molar-refractivity contribution >= 4 is 18.4 Å². The zero-order chi connectivity index (χ0) is 41.2. The van der Waals surface area contributed by atoms with Gasteiger partial charge in [-0.1, -0.05) is 20.8 Å². The molecule has 3 fully saturated rings. The lowest BCUT2D eigenvalue weighted by Gasteiger charge is -2.48. The Hall–Kier alpha value is -2.37. The molecule has 0 saturated carbocycles. The maximum absolute atomic E-state index is 14.4. The van der Waals surface area contributed by atoms with E-state index in [1.807, 2.05) is 60.5 Å². The Morgan fingerprint density at radius 2 is 1.67 bits per heavy atom. The van der Waals surface area contributed by atoms with Crippen LogP contribution < -0.4 is 0 Å². The molecule has 4 heterocycles. The number of fused-ring (bicyclic) bond motifs is 2. The summed E-state index contributed by atoms with van der Waals surface area (Å²) in [6, 6.07) is -0.228. The van der Waals surface area contributed by atoms with Gasteiger partial charge in [-0.15, -0.1) is 0 Å². The van der Waals surface area contributed by atoms with Crippen LogP contribution in [0.3, 0.4) is 0 Å². The van der Waals surface area contributed by atoms with Gasteiger partial charge in [-0.05, 0) is 74.1 Å². The molecule has 4 unspecified atom stereocenters. The molecule has 4 aliphatic heterocycles. The molecule has 55 heavy (non-hydrogen) atoms. The summed E-state index contributed by atoms with van der Waals surface area (Å²) in [4.78, 5) is 40.2. The van der Waals surface area contributed by atoms with Crippen LogP contribution in [0.1, 0.15) is 94.9 Å². The molecular weight excluding hydrogens is 718 g/mol. The molecule has 0 radical (unpaired) electrons. The molecule has 0 aromatic rings. The molecule has 3 saturated heterocycles. The highest BCUT2D eigenvalue weighted by Gasteiger charge is 2.56. The lowest BCUT2D eigenvalue weighted by molar-refractivity contribution is -0.311. The average Bonchev–Trinajstić information content (AvgIpc) is 3.45. The number of likely N-dealkylation sites (N-methyl/N-ethyl adjacent to an activating group) is 1. The Labute approximate surface area is 326 Å². The number of cyclic esters (lactones) is 1. The number of methoxy groups -OCH3 is 2. The van der Waals surface area contributed by atoms with Gasteiger partial charge in [0.2, 0.25) is 0 Å². The van der Waals surface area contributed by atoms with Gasteiger partial charge in [0, 0.05) is 45.8 Å². The van der Waals surface area contributed by atoms with Crippen molar-refractivity contribution in [2.45, 2.75) is 180 Å². The van der Waals surface area contributed by atoms with Gasteiger partial charge in [0.05, 0.1) is 36.4 Å². The van der Waals surface area contributed by atoms with Crippen LogP contribution in [0.5, 0.6) is 0 Å². The van der Waals surface area contributed by atoms with Crippen LogP contribution in [0.4, 0.5) is 0 Å². The number of aliphatic hydroxyl groups is 1. The Bertz CT molecular complexity index is 1360. The largest absolute Gasteiger partial charge is 0.489 e. The molecule has 0 aromatic carbocycles. The van der Waals surface area contributed by atoms with Crippen LogP contribution in [0.15, 0.2) is 11.3 Å². The molecule has 15 heteroatoms. The molecule has 0 spiro atoms. The summed E-state index contributed by atoms with van der Waals surface area (Å²) >= 11 is 0. The van der Waals surface area contributed by atoms with Gasteiger partial charge in [0.1, 0.15) is 35.3 Å². The van der Waals surface area contributed by atoms with Gasteiger partial charge in [0.15, 0.2) is 24.8 Å². The second-order valence-electron chi connectivity index (χ2n) is 16.6. The van der Waals surface area contributed by atoms with Crippen molar-refractivity contribution in [3.63, 3.8) is 0 Å². The minimum absolute atomic E-state index is 0.194. The van der Waals surface area contributed by atoms with E-state index in [2.05, 4.69) is 0 Å². The molecule has 4 aliphatic rings.